The Morgan fingerprint density at radius 3 is 3.00 bits per heavy atom. The zero-order valence-electron chi connectivity index (χ0n) is 10.3. The average molecular weight is 230 g/mol. The van der Waals surface area contributed by atoms with Crippen molar-refractivity contribution in [1.82, 2.24) is 10.6 Å². The minimum absolute atomic E-state index is 0.0261. The first-order valence-electron chi connectivity index (χ1n) is 5.76. The topological polar surface area (TPSA) is 59.6 Å². The Morgan fingerprint density at radius 2 is 2.38 bits per heavy atom. The van der Waals surface area contributed by atoms with Crippen molar-refractivity contribution >= 4 is 5.91 Å². The van der Waals surface area contributed by atoms with Gasteiger partial charge in [0.2, 0.25) is 5.91 Å². The van der Waals surface area contributed by atoms with Gasteiger partial charge in [0.25, 0.3) is 0 Å². The van der Waals surface area contributed by atoms with Gasteiger partial charge >= 0.3 is 0 Å². The van der Waals surface area contributed by atoms with Crippen LogP contribution in [0.25, 0.3) is 0 Å². The van der Waals surface area contributed by atoms with Gasteiger partial charge < -0.3 is 20.1 Å². The molecule has 0 aromatic rings. The molecule has 0 aromatic carbocycles. The van der Waals surface area contributed by atoms with E-state index in [0.717, 1.165) is 13.1 Å². The quantitative estimate of drug-likeness (QED) is 0.693. The van der Waals surface area contributed by atoms with Crippen LogP contribution in [0.4, 0.5) is 0 Å². The molecule has 1 rings (SSSR count). The normalized spacial score (nSPS) is 24.1. The van der Waals surface area contributed by atoms with Crippen molar-refractivity contribution in [2.24, 2.45) is 0 Å². The van der Waals surface area contributed by atoms with E-state index in [1.807, 2.05) is 20.8 Å². The molecular weight excluding hydrogens is 208 g/mol. The van der Waals surface area contributed by atoms with Crippen LogP contribution in [0.3, 0.4) is 0 Å². The molecule has 5 nitrogen and oxygen atoms in total. The zero-order valence-corrected chi connectivity index (χ0v) is 10.3. The highest BCUT2D eigenvalue weighted by Gasteiger charge is 2.28. The van der Waals surface area contributed by atoms with Crippen molar-refractivity contribution in [3.05, 3.63) is 0 Å². The summed E-state index contributed by atoms with van der Waals surface area (Å²) in [5.41, 5.74) is -0.155. The van der Waals surface area contributed by atoms with E-state index in [9.17, 15) is 4.79 Å². The fraction of sp³-hybridized carbons (Fsp3) is 0.909. The number of nitrogens with one attached hydrogen (secondary N) is 2. The molecule has 1 amide bonds. The Hall–Kier alpha value is -0.650. The second-order valence-electron chi connectivity index (χ2n) is 4.60. The minimum atomic E-state index is -0.155. The lowest BCUT2D eigenvalue weighted by Crippen LogP contribution is -2.52. The number of ether oxygens (including phenoxy) is 2. The molecule has 0 aromatic heterocycles. The fourth-order valence-corrected chi connectivity index (χ4v) is 1.69. The van der Waals surface area contributed by atoms with Crippen LogP contribution < -0.4 is 10.6 Å². The highest BCUT2D eigenvalue weighted by atomic mass is 16.5. The zero-order chi connectivity index (χ0) is 12.0. The molecule has 94 valence electrons. The van der Waals surface area contributed by atoms with Crippen LogP contribution in [0.2, 0.25) is 0 Å². The molecule has 0 bridgehead atoms. The number of carbonyl (C=O) groups excluding carboxylic acids is 1. The third kappa shape index (κ3) is 4.92. The van der Waals surface area contributed by atoms with E-state index >= 15 is 0 Å². The summed E-state index contributed by atoms with van der Waals surface area (Å²) in [4.78, 5) is 11.1. The fourth-order valence-electron chi connectivity index (χ4n) is 1.69. The predicted octanol–water partition coefficient (Wildman–Crippen LogP) is -0.0939. The number of hydrogen-bond donors (Lipinski definition) is 2. The lowest BCUT2D eigenvalue weighted by atomic mass is 10.1. The van der Waals surface area contributed by atoms with Crippen LogP contribution in [-0.2, 0) is 14.3 Å². The van der Waals surface area contributed by atoms with Crippen LogP contribution in [-0.4, -0.2) is 50.5 Å². The Bertz CT molecular complexity index is 231. The van der Waals surface area contributed by atoms with Crippen molar-refractivity contribution in [3.63, 3.8) is 0 Å². The summed E-state index contributed by atoms with van der Waals surface area (Å²) < 4.78 is 11.1. The van der Waals surface area contributed by atoms with E-state index in [0.29, 0.717) is 13.2 Å². The van der Waals surface area contributed by atoms with Crippen molar-refractivity contribution in [1.29, 1.82) is 0 Å². The molecule has 0 saturated carbocycles. The van der Waals surface area contributed by atoms with Gasteiger partial charge in [-0.05, 0) is 20.8 Å². The second kappa shape index (κ2) is 6.18. The molecule has 0 spiro atoms. The van der Waals surface area contributed by atoms with E-state index in [1.54, 1.807) is 0 Å². The van der Waals surface area contributed by atoms with E-state index in [1.165, 1.54) is 0 Å². The molecule has 0 radical (unpaired) electrons. The van der Waals surface area contributed by atoms with Crippen LogP contribution in [0, 0.1) is 0 Å². The third-order valence-corrected chi connectivity index (χ3v) is 2.32. The number of likely N-dealkylation sites (N-methyl/N-ethyl adjacent to an activating group) is 1. The summed E-state index contributed by atoms with van der Waals surface area (Å²) >= 11 is 0. The average Bonchev–Trinajstić information content (AvgIpc) is 2.16. The molecule has 5 heteroatoms. The van der Waals surface area contributed by atoms with Gasteiger partial charge in [-0.1, -0.05) is 0 Å². The van der Waals surface area contributed by atoms with Crippen LogP contribution in [0.5, 0.6) is 0 Å². The van der Waals surface area contributed by atoms with Crippen molar-refractivity contribution in [2.45, 2.75) is 32.5 Å². The highest BCUT2D eigenvalue weighted by Crippen LogP contribution is 2.15. The van der Waals surface area contributed by atoms with Crippen molar-refractivity contribution in [2.75, 3.05) is 32.8 Å². The molecule has 2 N–H and O–H groups in total. The summed E-state index contributed by atoms with van der Waals surface area (Å²) in [5.74, 6) is -0.0782. The van der Waals surface area contributed by atoms with Gasteiger partial charge in [-0.3, -0.25) is 4.79 Å². The van der Waals surface area contributed by atoms with E-state index in [4.69, 9.17) is 9.47 Å². The largest absolute Gasteiger partial charge is 0.369 e. The standard InChI is InChI=1S/C11H22N2O3/c1-4-13-10(14)7-15-6-9-5-12-8-11(2,3)16-9/h9,12H,4-8H2,1-3H3,(H,13,14). The van der Waals surface area contributed by atoms with Crippen LogP contribution >= 0.6 is 0 Å². The van der Waals surface area contributed by atoms with Crippen LogP contribution in [0.1, 0.15) is 20.8 Å². The second-order valence-corrected chi connectivity index (χ2v) is 4.60. The van der Waals surface area contributed by atoms with Gasteiger partial charge in [0, 0.05) is 19.6 Å². The smallest absolute Gasteiger partial charge is 0.245 e. The number of hydrogen-bond acceptors (Lipinski definition) is 4. The minimum Gasteiger partial charge on any atom is -0.369 e. The van der Waals surface area contributed by atoms with E-state index in [2.05, 4.69) is 10.6 Å². The van der Waals surface area contributed by atoms with Gasteiger partial charge in [-0.15, -0.1) is 0 Å². The summed E-state index contributed by atoms with van der Waals surface area (Å²) in [7, 11) is 0. The molecule has 1 aliphatic heterocycles. The van der Waals surface area contributed by atoms with Gasteiger partial charge in [0.15, 0.2) is 0 Å². The lowest BCUT2D eigenvalue weighted by molar-refractivity contribution is -0.135. The molecule has 1 fully saturated rings. The SMILES string of the molecule is CCNC(=O)COCC1CNCC(C)(C)O1. The van der Waals surface area contributed by atoms with Gasteiger partial charge in [0.05, 0.1) is 18.3 Å². The molecule has 1 saturated heterocycles. The Labute approximate surface area is 96.9 Å². The van der Waals surface area contributed by atoms with E-state index in [-0.39, 0.29) is 24.2 Å². The number of carbonyl (C=O) groups is 1. The van der Waals surface area contributed by atoms with Crippen molar-refractivity contribution < 1.29 is 14.3 Å². The first-order valence-corrected chi connectivity index (χ1v) is 5.76. The molecular formula is C11H22N2O3. The molecule has 1 atom stereocenters. The Morgan fingerprint density at radius 1 is 1.62 bits per heavy atom. The van der Waals surface area contributed by atoms with E-state index < -0.39 is 0 Å². The molecule has 1 unspecified atom stereocenters. The van der Waals surface area contributed by atoms with Gasteiger partial charge in [0.1, 0.15) is 6.61 Å². The first-order chi connectivity index (χ1) is 7.53. The summed E-state index contributed by atoms with van der Waals surface area (Å²) in [6, 6.07) is 0. The lowest BCUT2D eigenvalue weighted by Gasteiger charge is -2.36. The number of amides is 1. The maximum absolute atomic E-state index is 11.1. The molecule has 1 aliphatic rings. The Balaban J connectivity index is 2.15. The number of rotatable bonds is 5. The number of morpholine rings is 1. The maximum atomic E-state index is 11.1. The maximum Gasteiger partial charge on any atom is 0.245 e. The summed E-state index contributed by atoms with van der Waals surface area (Å²) in [6.45, 7) is 8.78. The first kappa shape index (κ1) is 13.4. The van der Waals surface area contributed by atoms with Crippen molar-refractivity contribution in [3.8, 4) is 0 Å². The molecule has 16 heavy (non-hydrogen) atoms. The summed E-state index contributed by atoms with van der Waals surface area (Å²) in [6.07, 6.45) is 0.0261. The highest BCUT2D eigenvalue weighted by molar-refractivity contribution is 5.77. The predicted molar refractivity (Wildman–Crippen MR) is 61.3 cm³/mol. The Kier molecular flexibility index (Phi) is 5.18. The monoisotopic (exact) mass is 230 g/mol. The third-order valence-electron chi connectivity index (χ3n) is 2.32. The van der Waals surface area contributed by atoms with Crippen LogP contribution in [0.15, 0.2) is 0 Å². The summed E-state index contributed by atoms with van der Waals surface area (Å²) in [5, 5.41) is 5.96. The van der Waals surface area contributed by atoms with Gasteiger partial charge in [-0.25, -0.2) is 0 Å². The molecule has 1 heterocycles. The molecule has 0 aliphatic carbocycles. The van der Waals surface area contributed by atoms with Gasteiger partial charge in [-0.2, -0.15) is 0 Å².